The summed E-state index contributed by atoms with van der Waals surface area (Å²) in [6.07, 6.45) is 11.8. The minimum Gasteiger partial charge on any atom is -0.351 e. The molecule has 1 aliphatic heterocycles. The lowest BCUT2D eigenvalue weighted by atomic mass is 9.47. The number of nitrogens with one attached hydrogen (secondary N) is 1. The van der Waals surface area contributed by atoms with E-state index in [9.17, 15) is 9.59 Å². The topological polar surface area (TPSA) is 49.4 Å². The van der Waals surface area contributed by atoms with Gasteiger partial charge in [-0.05, 0) is 93.5 Å². The fourth-order valence-electron chi connectivity index (χ4n) is 8.96. The average Bonchev–Trinajstić information content (AvgIpc) is 3.00. The Balaban J connectivity index is 1.53. The zero-order chi connectivity index (χ0) is 23.7. The molecule has 4 rings (SSSR count). The van der Waals surface area contributed by atoms with Crippen molar-refractivity contribution in [2.24, 2.45) is 39.9 Å². The molecule has 180 valence electrons. The molecule has 0 aromatic rings. The normalized spacial score (nSPS) is 41.7. The molecule has 7 atom stereocenters. The standard InChI is InChI=1S/C28H46N2O2/c1-25(2,3)17-26(4,5)29-24(32)21-11-10-19-18-9-12-22-28(7,16-14-23(31)30(22)8)20(18)13-15-27(19,21)6/h14,16,18-22H,9-13,15,17H2,1-8H3,(H,29,32). The van der Waals surface area contributed by atoms with Gasteiger partial charge in [0.05, 0.1) is 0 Å². The summed E-state index contributed by atoms with van der Waals surface area (Å²) in [5.74, 6) is 2.47. The van der Waals surface area contributed by atoms with Crippen LogP contribution in [0.4, 0.5) is 0 Å². The number of hydrogen-bond donors (Lipinski definition) is 1. The van der Waals surface area contributed by atoms with Gasteiger partial charge in [-0.15, -0.1) is 0 Å². The van der Waals surface area contributed by atoms with E-state index >= 15 is 0 Å². The number of rotatable bonds is 3. The molecule has 3 fully saturated rings. The summed E-state index contributed by atoms with van der Waals surface area (Å²) in [5, 5.41) is 3.45. The molecule has 3 saturated carbocycles. The van der Waals surface area contributed by atoms with Crippen molar-refractivity contribution in [3.05, 3.63) is 12.2 Å². The minimum absolute atomic E-state index is 0.0714. The summed E-state index contributed by atoms with van der Waals surface area (Å²) < 4.78 is 0. The van der Waals surface area contributed by atoms with Crippen molar-refractivity contribution in [2.45, 2.75) is 105 Å². The number of amides is 2. The Bertz CT molecular complexity index is 809. The summed E-state index contributed by atoms with van der Waals surface area (Å²) in [4.78, 5) is 27.9. The van der Waals surface area contributed by atoms with E-state index in [2.05, 4.69) is 59.9 Å². The Hall–Kier alpha value is -1.32. The first-order valence-corrected chi connectivity index (χ1v) is 13.0. The predicted octanol–water partition coefficient (Wildman–Crippen LogP) is 5.57. The summed E-state index contributed by atoms with van der Waals surface area (Å²) >= 11 is 0. The highest BCUT2D eigenvalue weighted by Crippen LogP contribution is 2.65. The van der Waals surface area contributed by atoms with E-state index in [1.165, 1.54) is 19.3 Å². The second kappa shape index (κ2) is 7.60. The van der Waals surface area contributed by atoms with Gasteiger partial charge in [0.15, 0.2) is 0 Å². The zero-order valence-corrected chi connectivity index (χ0v) is 21.8. The third-order valence-electron chi connectivity index (χ3n) is 9.88. The molecule has 2 amide bonds. The molecule has 1 heterocycles. The maximum absolute atomic E-state index is 13.6. The van der Waals surface area contributed by atoms with Crippen molar-refractivity contribution >= 4 is 11.8 Å². The Morgan fingerprint density at radius 1 is 1.06 bits per heavy atom. The third-order valence-corrected chi connectivity index (χ3v) is 9.88. The van der Waals surface area contributed by atoms with Crippen molar-refractivity contribution in [1.82, 2.24) is 10.2 Å². The molecule has 4 nitrogen and oxygen atoms in total. The van der Waals surface area contributed by atoms with Crippen LogP contribution in [-0.4, -0.2) is 35.3 Å². The van der Waals surface area contributed by atoms with Crippen LogP contribution >= 0.6 is 0 Å². The maximum Gasteiger partial charge on any atom is 0.246 e. The number of fused-ring (bicyclic) bond motifs is 5. The van der Waals surface area contributed by atoms with E-state index in [-0.39, 0.29) is 39.5 Å². The van der Waals surface area contributed by atoms with Crippen LogP contribution in [0.15, 0.2) is 12.2 Å². The van der Waals surface area contributed by atoms with Crippen LogP contribution in [0.2, 0.25) is 0 Å². The molecule has 0 spiro atoms. The van der Waals surface area contributed by atoms with Crippen molar-refractivity contribution < 1.29 is 9.59 Å². The molecule has 3 aliphatic carbocycles. The Morgan fingerprint density at radius 3 is 2.41 bits per heavy atom. The summed E-state index contributed by atoms with van der Waals surface area (Å²) in [7, 11) is 1.98. The molecule has 0 radical (unpaired) electrons. The number of nitrogens with zero attached hydrogens (tertiary/aromatic N) is 1. The van der Waals surface area contributed by atoms with Gasteiger partial charge in [-0.2, -0.15) is 0 Å². The van der Waals surface area contributed by atoms with Gasteiger partial charge in [-0.1, -0.05) is 40.7 Å². The second-order valence-electron chi connectivity index (χ2n) is 13.9. The van der Waals surface area contributed by atoms with E-state index in [4.69, 9.17) is 0 Å². The molecule has 0 bridgehead atoms. The van der Waals surface area contributed by atoms with E-state index in [0.29, 0.717) is 23.8 Å². The Morgan fingerprint density at radius 2 is 1.75 bits per heavy atom. The van der Waals surface area contributed by atoms with Gasteiger partial charge in [-0.3, -0.25) is 9.59 Å². The van der Waals surface area contributed by atoms with Gasteiger partial charge in [0.2, 0.25) is 11.8 Å². The van der Waals surface area contributed by atoms with Gasteiger partial charge in [0.1, 0.15) is 0 Å². The van der Waals surface area contributed by atoms with Crippen LogP contribution in [-0.2, 0) is 9.59 Å². The van der Waals surface area contributed by atoms with Crippen molar-refractivity contribution in [3.8, 4) is 0 Å². The molecule has 32 heavy (non-hydrogen) atoms. The molecule has 4 aliphatic rings. The lowest BCUT2D eigenvalue weighted by Gasteiger charge is -2.60. The first kappa shape index (κ1) is 23.8. The van der Waals surface area contributed by atoms with Gasteiger partial charge >= 0.3 is 0 Å². The number of likely N-dealkylation sites (N-methyl/N-ethyl adjacent to an activating group) is 1. The predicted molar refractivity (Wildman–Crippen MR) is 130 cm³/mol. The van der Waals surface area contributed by atoms with Crippen LogP contribution in [0, 0.1) is 39.9 Å². The van der Waals surface area contributed by atoms with Crippen LogP contribution in [0.25, 0.3) is 0 Å². The van der Waals surface area contributed by atoms with Crippen molar-refractivity contribution in [2.75, 3.05) is 7.05 Å². The van der Waals surface area contributed by atoms with E-state index in [1.807, 2.05) is 18.0 Å². The van der Waals surface area contributed by atoms with Gasteiger partial charge in [0, 0.05) is 30.0 Å². The SMILES string of the molecule is CN1C(=O)C=CC2(C)C3CCC4(C)C(C(=O)NC(C)(C)CC(C)(C)C)CCC4C3CCC12. The van der Waals surface area contributed by atoms with Crippen molar-refractivity contribution in [1.29, 1.82) is 0 Å². The smallest absolute Gasteiger partial charge is 0.246 e. The average molecular weight is 443 g/mol. The molecule has 1 N–H and O–H groups in total. The highest BCUT2D eigenvalue weighted by Gasteiger charge is 2.61. The monoisotopic (exact) mass is 442 g/mol. The molecule has 4 heteroatoms. The summed E-state index contributed by atoms with van der Waals surface area (Å²) in [6.45, 7) is 15.9. The molecule has 0 aromatic carbocycles. The first-order chi connectivity index (χ1) is 14.7. The highest BCUT2D eigenvalue weighted by atomic mass is 16.2. The molecule has 0 aromatic heterocycles. The van der Waals surface area contributed by atoms with Crippen LogP contribution in [0.1, 0.15) is 93.4 Å². The van der Waals surface area contributed by atoms with Gasteiger partial charge in [-0.25, -0.2) is 0 Å². The Kier molecular flexibility index (Phi) is 5.66. The molecule has 0 saturated heterocycles. The highest BCUT2D eigenvalue weighted by molar-refractivity contribution is 5.89. The maximum atomic E-state index is 13.6. The fraction of sp³-hybridized carbons (Fsp3) is 0.857. The second-order valence-corrected chi connectivity index (χ2v) is 13.9. The Labute approximate surface area is 196 Å². The lowest BCUT2D eigenvalue weighted by molar-refractivity contribution is -0.143. The van der Waals surface area contributed by atoms with E-state index < -0.39 is 0 Å². The number of hydrogen-bond acceptors (Lipinski definition) is 2. The van der Waals surface area contributed by atoms with E-state index in [1.54, 1.807) is 0 Å². The van der Waals surface area contributed by atoms with Crippen LogP contribution in [0.3, 0.4) is 0 Å². The third kappa shape index (κ3) is 3.84. The number of carbonyl (C=O) groups excluding carboxylic acids is 2. The van der Waals surface area contributed by atoms with Gasteiger partial charge < -0.3 is 10.2 Å². The summed E-state index contributed by atoms with van der Waals surface area (Å²) in [6, 6.07) is 0.323. The summed E-state index contributed by atoms with van der Waals surface area (Å²) in [5.41, 5.74) is 0.179. The largest absolute Gasteiger partial charge is 0.351 e. The van der Waals surface area contributed by atoms with Gasteiger partial charge in [0.25, 0.3) is 0 Å². The van der Waals surface area contributed by atoms with Crippen LogP contribution < -0.4 is 5.32 Å². The first-order valence-electron chi connectivity index (χ1n) is 13.0. The van der Waals surface area contributed by atoms with E-state index in [0.717, 1.165) is 25.7 Å². The quantitative estimate of drug-likeness (QED) is 0.621. The molecule has 7 unspecified atom stereocenters. The van der Waals surface area contributed by atoms with Crippen LogP contribution in [0.5, 0.6) is 0 Å². The molecular weight excluding hydrogens is 396 g/mol. The molecular formula is C28H46N2O2. The lowest BCUT2D eigenvalue weighted by Crippen LogP contribution is -2.60. The number of carbonyl (C=O) groups is 2. The van der Waals surface area contributed by atoms with Crippen molar-refractivity contribution in [3.63, 3.8) is 0 Å². The fourth-order valence-corrected chi connectivity index (χ4v) is 8.96. The zero-order valence-electron chi connectivity index (χ0n) is 21.8. The minimum atomic E-state index is -0.184.